The van der Waals surface area contributed by atoms with Crippen LogP contribution >= 0.6 is 0 Å². The SMILES string of the molecule is CCN(Cc1ccc(OC)cc1)CC(C)C#N. The van der Waals surface area contributed by atoms with Crippen LogP contribution < -0.4 is 4.74 Å². The number of methoxy groups -OCH3 is 1. The number of nitriles is 1. The van der Waals surface area contributed by atoms with Crippen LogP contribution in [0.5, 0.6) is 5.75 Å². The van der Waals surface area contributed by atoms with Crippen molar-refractivity contribution in [2.45, 2.75) is 20.4 Å². The fraction of sp³-hybridized carbons (Fsp3) is 0.500. The lowest BCUT2D eigenvalue weighted by Crippen LogP contribution is -2.27. The Kier molecular flexibility index (Phi) is 5.51. The van der Waals surface area contributed by atoms with E-state index < -0.39 is 0 Å². The van der Waals surface area contributed by atoms with Crippen molar-refractivity contribution in [1.29, 1.82) is 5.26 Å². The van der Waals surface area contributed by atoms with Crippen LogP contribution in [0.15, 0.2) is 24.3 Å². The molecule has 0 N–H and O–H groups in total. The van der Waals surface area contributed by atoms with E-state index in [1.54, 1.807) is 7.11 Å². The van der Waals surface area contributed by atoms with Gasteiger partial charge in [-0.25, -0.2) is 0 Å². The molecule has 0 amide bonds. The van der Waals surface area contributed by atoms with Gasteiger partial charge in [-0.05, 0) is 31.2 Å². The Balaban J connectivity index is 2.58. The molecule has 1 unspecified atom stereocenters. The van der Waals surface area contributed by atoms with Crippen molar-refractivity contribution < 1.29 is 4.74 Å². The van der Waals surface area contributed by atoms with Gasteiger partial charge in [-0.3, -0.25) is 4.90 Å². The monoisotopic (exact) mass is 232 g/mol. The van der Waals surface area contributed by atoms with Gasteiger partial charge in [0.2, 0.25) is 0 Å². The second kappa shape index (κ2) is 6.93. The average Bonchev–Trinajstić information content (AvgIpc) is 2.38. The van der Waals surface area contributed by atoms with Gasteiger partial charge in [0.15, 0.2) is 0 Å². The molecule has 0 fully saturated rings. The lowest BCUT2D eigenvalue weighted by atomic mass is 10.1. The van der Waals surface area contributed by atoms with E-state index in [4.69, 9.17) is 10.00 Å². The molecule has 0 aliphatic heterocycles. The van der Waals surface area contributed by atoms with E-state index in [0.29, 0.717) is 0 Å². The fourth-order valence-electron chi connectivity index (χ4n) is 1.72. The van der Waals surface area contributed by atoms with E-state index in [1.165, 1.54) is 5.56 Å². The van der Waals surface area contributed by atoms with Crippen LogP contribution in [0.1, 0.15) is 19.4 Å². The summed E-state index contributed by atoms with van der Waals surface area (Å²) in [5, 5.41) is 8.82. The number of hydrogen-bond acceptors (Lipinski definition) is 3. The molecule has 0 heterocycles. The Hall–Kier alpha value is -1.53. The van der Waals surface area contributed by atoms with Crippen LogP contribution in [-0.4, -0.2) is 25.1 Å². The van der Waals surface area contributed by atoms with Gasteiger partial charge in [-0.2, -0.15) is 5.26 Å². The molecule has 0 aromatic heterocycles. The summed E-state index contributed by atoms with van der Waals surface area (Å²) >= 11 is 0. The second-order valence-corrected chi connectivity index (χ2v) is 4.21. The molecule has 92 valence electrons. The minimum atomic E-state index is 0.0770. The van der Waals surface area contributed by atoms with Crippen molar-refractivity contribution >= 4 is 0 Å². The Bertz CT molecular complexity index is 367. The number of ether oxygens (including phenoxy) is 1. The van der Waals surface area contributed by atoms with Gasteiger partial charge in [0, 0.05) is 13.1 Å². The highest BCUT2D eigenvalue weighted by molar-refractivity contribution is 5.27. The predicted octanol–water partition coefficient (Wildman–Crippen LogP) is 2.68. The molecular formula is C14H20N2O. The quantitative estimate of drug-likeness (QED) is 0.756. The highest BCUT2D eigenvalue weighted by Crippen LogP contribution is 2.13. The third-order valence-electron chi connectivity index (χ3n) is 2.76. The minimum absolute atomic E-state index is 0.0770. The van der Waals surface area contributed by atoms with Gasteiger partial charge in [-0.1, -0.05) is 19.1 Å². The molecule has 0 bridgehead atoms. The van der Waals surface area contributed by atoms with E-state index in [0.717, 1.165) is 25.4 Å². The molecule has 1 rings (SSSR count). The largest absolute Gasteiger partial charge is 0.497 e. The Morgan fingerprint density at radius 2 is 2.00 bits per heavy atom. The van der Waals surface area contributed by atoms with Crippen molar-refractivity contribution in [3.8, 4) is 11.8 Å². The molecule has 3 heteroatoms. The summed E-state index contributed by atoms with van der Waals surface area (Å²) in [6, 6.07) is 10.3. The highest BCUT2D eigenvalue weighted by atomic mass is 16.5. The maximum Gasteiger partial charge on any atom is 0.118 e. The highest BCUT2D eigenvalue weighted by Gasteiger charge is 2.08. The Morgan fingerprint density at radius 1 is 1.35 bits per heavy atom. The maximum atomic E-state index is 8.82. The molecule has 0 radical (unpaired) electrons. The molecule has 0 saturated carbocycles. The fourth-order valence-corrected chi connectivity index (χ4v) is 1.72. The van der Waals surface area contributed by atoms with Gasteiger partial charge in [0.05, 0.1) is 19.1 Å². The molecule has 1 aromatic carbocycles. The Morgan fingerprint density at radius 3 is 2.47 bits per heavy atom. The van der Waals surface area contributed by atoms with Gasteiger partial charge in [0.1, 0.15) is 5.75 Å². The zero-order chi connectivity index (χ0) is 12.7. The van der Waals surface area contributed by atoms with Crippen molar-refractivity contribution in [2.24, 2.45) is 5.92 Å². The topological polar surface area (TPSA) is 36.3 Å². The molecular weight excluding hydrogens is 212 g/mol. The van der Waals surface area contributed by atoms with Crippen molar-refractivity contribution in [3.63, 3.8) is 0 Å². The summed E-state index contributed by atoms with van der Waals surface area (Å²) in [7, 11) is 1.67. The summed E-state index contributed by atoms with van der Waals surface area (Å²) in [6.07, 6.45) is 0. The molecule has 0 saturated heterocycles. The normalized spacial score (nSPS) is 12.2. The first-order valence-corrected chi connectivity index (χ1v) is 5.94. The first-order chi connectivity index (χ1) is 8.19. The molecule has 1 aromatic rings. The van der Waals surface area contributed by atoms with Gasteiger partial charge >= 0.3 is 0 Å². The minimum Gasteiger partial charge on any atom is -0.497 e. The van der Waals surface area contributed by atoms with E-state index in [9.17, 15) is 0 Å². The molecule has 3 nitrogen and oxygen atoms in total. The summed E-state index contributed by atoms with van der Waals surface area (Å²) in [4.78, 5) is 2.27. The van der Waals surface area contributed by atoms with Crippen LogP contribution in [0, 0.1) is 17.2 Å². The smallest absolute Gasteiger partial charge is 0.118 e. The molecule has 0 aliphatic carbocycles. The number of rotatable bonds is 6. The number of benzene rings is 1. The third-order valence-corrected chi connectivity index (χ3v) is 2.76. The predicted molar refractivity (Wildman–Crippen MR) is 68.7 cm³/mol. The van der Waals surface area contributed by atoms with Crippen LogP contribution in [0.25, 0.3) is 0 Å². The second-order valence-electron chi connectivity index (χ2n) is 4.21. The number of hydrogen-bond donors (Lipinski definition) is 0. The molecule has 17 heavy (non-hydrogen) atoms. The lowest BCUT2D eigenvalue weighted by molar-refractivity contribution is 0.260. The first-order valence-electron chi connectivity index (χ1n) is 5.94. The summed E-state index contributed by atoms with van der Waals surface area (Å²) in [6.45, 7) is 6.73. The maximum absolute atomic E-state index is 8.82. The van der Waals surface area contributed by atoms with E-state index >= 15 is 0 Å². The standard InChI is InChI=1S/C14H20N2O/c1-4-16(10-12(2)9-15)11-13-5-7-14(17-3)8-6-13/h5-8,12H,4,10-11H2,1-3H3. The van der Waals surface area contributed by atoms with Crippen LogP contribution in [-0.2, 0) is 6.54 Å². The zero-order valence-electron chi connectivity index (χ0n) is 10.8. The van der Waals surface area contributed by atoms with Gasteiger partial charge in [0.25, 0.3) is 0 Å². The van der Waals surface area contributed by atoms with Crippen molar-refractivity contribution in [2.75, 3.05) is 20.2 Å². The van der Waals surface area contributed by atoms with E-state index in [2.05, 4.69) is 30.0 Å². The third kappa shape index (κ3) is 4.46. The first kappa shape index (κ1) is 13.5. The summed E-state index contributed by atoms with van der Waals surface area (Å²) < 4.78 is 5.13. The lowest BCUT2D eigenvalue weighted by Gasteiger charge is -2.21. The van der Waals surface area contributed by atoms with Crippen LogP contribution in [0.2, 0.25) is 0 Å². The van der Waals surface area contributed by atoms with Crippen molar-refractivity contribution in [1.82, 2.24) is 4.90 Å². The molecule has 0 spiro atoms. The molecule has 0 aliphatic rings. The summed E-state index contributed by atoms with van der Waals surface area (Å²) in [5.41, 5.74) is 1.25. The van der Waals surface area contributed by atoms with Gasteiger partial charge in [-0.15, -0.1) is 0 Å². The van der Waals surface area contributed by atoms with Crippen molar-refractivity contribution in [3.05, 3.63) is 29.8 Å². The number of nitrogens with zero attached hydrogens (tertiary/aromatic N) is 2. The summed E-state index contributed by atoms with van der Waals surface area (Å²) in [5.74, 6) is 0.954. The van der Waals surface area contributed by atoms with Crippen LogP contribution in [0.3, 0.4) is 0 Å². The van der Waals surface area contributed by atoms with E-state index in [-0.39, 0.29) is 5.92 Å². The zero-order valence-corrected chi connectivity index (χ0v) is 10.8. The molecule has 1 atom stereocenters. The average molecular weight is 232 g/mol. The van der Waals surface area contributed by atoms with E-state index in [1.807, 2.05) is 19.1 Å². The van der Waals surface area contributed by atoms with Crippen LogP contribution in [0.4, 0.5) is 0 Å². The Labute approximate surface area is 104 Å². The van der Waals surface area contributed by atoms with Gasteiger partial charge < -0.3 is 4.74 Å².